The lowest BCUT2D eigenvalue weighted by molar-refractivity contribution is -0.115. The molecule has 5 nitrogen and oxygen atoms in total. The summed E-state index contributed by atoms with van der Waals surface area (Å²) in [5, 5.41) is 5.68. The van der Waals surface area contributed by atoms with Crippen LogP contribution in [0.4, 0.5) is 16.2 Å². The van der Waals surface area contributed by atoms with E-state index < -0.39 is 0 Å². The molecule has 1 heterocycles. The van der Waals surface area contributed by atoms with Gasteiger partial charge in [0, 0.05) is 24.5 Å². The first kappa shape index (κ1) is 17.8. The lowest BCUT2D eigenvalue weighted by Crippen LogP contribution is -2.27. The first-order valence-electron chi connectivity index (χ1n) is 9.29. The van der Waals surface area contributed by atoms with Gasteiger partial charge in [-0.25, -0.2) is 4.79 Å². The van der Waals surface area contributed by atoms with Crippen molar-refractivity contribution in [2.24, 2.45) is 0 Å². The smallest absolute Gasteiger partial charge is 0.321 e. The highest BCUT2D eigenvalue weighted by Crippen LogP contribution is 2.21. The van der Waals surface area contributed by atoms with Gasteiger partial charge in [0.2, 0.25) is 5.91 Å². The molecule has 0 unspecified atom stereocenters. The molecule has 28 heavy (non-hydrogen) atoms. The number of benzene rings is 3. The maximum Gasteiger partial charge on any atom is 0.321 e. The number of hydrogen-bond acceptors (Lipinski definition) is 2. The standard InChI is InChI=1S/C23H21N3O2/c27-22(16-17-6-8-19(9-7-17)18-4-2-1-3-5-18)25-20-10-12-21(13-11-20)26-15-14-24-23(26)28/h1-13H,14-16H2,(H,24,28)(H,25,27). The molecule has 1 fully saturated rings. The van der Waals surface area contributed by atoms with E-state index >= 15 is 0 Å². The molecule has 1 aliphatic heterocycles. The van der Waals surface area contributed by atoms with E-state index in [2.05, 4.69) is 22.8 Å². The predicted molar refractivity (Wildman–Crippen MR) is 111 cm³/mol. The molecule has 0 spiro atoms. The Hall–Kier alpha value is -3.60. The molecule has 3 aromatic rings. The van der Waals surface area contributed by atoms with Crippen molar-refractivity contribution in [1.82, 2.24) is 5.32 Å². The van der Waals surface area contributed by atoms with Gasteiger partial charge in [-0.05, 0) is 41.0 Å². The van der Waals surface area contributed by atoms with Crippen LogP contribution in [0.2, 0.25) is 0 Å². The van der Waals surface area contributed by atoms with Gasteiger partial charge in [-0.1, -0.05) is 54.6 Å². The zero-order chi connectivity index (χ0) is 19.3. The van der Waals surface area contributed by atoms with E-state index in [1.165, 1.54) is 0 Å². The molecular formula is C23H21N3O2. The first-order valence-corrected chi connectivity index (χ1v) is 9.29. The van der Waals surface area contributed by atoms with Gasteiger partial charge >= 0.3 is 6.03 Å². The highest BCUT2D eigenvalue weighted by molar-refractivity contribution is 5.95. The van der Waals surface area contributed by atoms with Gasteiger partial charge in [0.25, 0.3) is 0 Å². The summed E-state index contributed by atoms with van der Waals surface area (Å²) in [5.74, 6) is -0.0703. The predicted octanol–water partition coefficient (Wildman–Crippen LogP) is 4.06. The molecule has 3 aromatic carbocycles. The van der Waals surface area contributed by atoms with Crippen LogP contribution in [-0.4, -0.2) is 25.0 Å². The summed E-state index contributed by atoms with van der Waals surface area (Å²) in [7, 11) is 0. The van der Waals surface area contributed by atoms with Crippen molar-refractivity contribution >= 4 is 23.3 Å². The number of carbonyl (C=O) groups is 2. The van der Waals surface area contributed by atoms with Gasteiger partial charge in [-0.3, -0.25) is 9.69 Å². The highest BCUT2D eigenvalue weighted by Gasteiger charge is 2.20. The molecule has 0 aromatic heterocycles. The molecule has 4 rings (SSSR count). The summed E-state index contributed by atoms with van der Waals surface area (Å²) in [6.45, 7) is 1.31. The Labute approximate surface area is 164 Å². The highest BCUT2D eigenvalue weighted by atomic mass is 16.2. The Morgan fingerprint density at radius 1 is 0.893 bits per heavy atom. The lowest BCUT2D eigenvalue weighted by atomic mass is 10.0. The number of nitrogens with one attached hydrogen (secondary N) is 2. The quantitative estimate of drug-likeness (QED) is 0.710. The molecule has 0 saturated carbocycles. The van der Waals surface area contributed by atoms with Crippen LogP contribution in [0.5, 0.6) is 0 Å². The zero-order valence-electron chi connectivity index (χ0n) is 15.4. The van der Waals surface area contributed by atoms with E-state index in [0.717, 1.165) is 22.4 Å². The van der Waals surface area contributed by atoms with Crippen LogP contribution in [0.1, 0.15) is 5.56 Å². The Balaban J connectivity index is 1.36. The number of carbonyl (C=O) groups excluding carboxylic acids is 2. The van der Waals surface area contributed by atoms with Gasteiger partial charge in [-0.15, -0.1) is 0 Å². The molecule has 2 N–H and O–H groups in total. The fourth-order valence-electron chi connectivity index (χ4n) is 3.28. The van der Waals surface area contributed by atoms with Crippen LogP contribution in [-0.2, 0) is 11.2 Å². The largest absolute Gasteiger partial charge is 0.336 e. The first-order chi connectivity index (χ1) is 13.7. The minimum absolute atomic E-state index is 0.0703. The van der Waals surface area contributed by atoms with Gasteiger partial charge in [-0.2, -0.15) is 0 Å². The van der Waals surface area contributed by atoms with Crippen molar-refractivity contribution in [3.63, 3.8) is 0 Å². The summed E-state index contributed by atoms with van der Waals surface area (Å²) in [5.41, 5.74) is 4.79. The number of rotatable bonds is 5. The Morgan fingerprint density at radius 2 is 1.57 bits per heavy atom. The van der Waals surface area contributed by atoms with Crippen LogP contribution in [0.25, 0.3) is 11.1 Å². The van der Waals surface area contributed by atoms with Gasteiger partial charge in [0.1, 0.15) is 0 Å². The topological polar surface area (TPSA) is 61.4 Å². The van der Waals surface area contributed by atoms with Gasteiger partial charge < -0.3 is 10.6 Å². The van der Waals surface area contributed by atoms with Crippen molar-refractivity contribution < 1.29 is 9.59 Å². The zero-order valence-corrected chi connectivity index (χ0v) is 15.4. The van der Waals surface area contributed by atoms with Crippen LogP contribution < -0.4 is 15.5 Å². The SMILES string of the molecule is O=C(Cc1ccc(-c2ccccc2)cc1)Nc1ccc(N2CCNC2=O)cc1. The van der Waals surface area contributed by atoms with E-state index in [-0.39, 0.29) is 11.9 Å². The number of anilines is 2. The summed E-state index contributed by atoms with van der Waals surface area (Å²) >= 11 is 0. The van der Waals surface area contributed by atoms with Crippen molar-refractivity contribution in [2.45, 2.75) is 6.42 Å². The van der Waals surface area contributed by atoms with Gasteiger partial charge in [0.15, 0.2) is 0 Å². The van der Waals surface area contributed by atoms with Crippen molar-refractivity contribution in [3.8, 4) is 11.1 Å². The third-order valence-electron chi connectivity index (χ3n) is 4.75. The summed E-state index contributed by atoms with van der Waals surface area (Å²) in [6, 6.07) is 25.4. The third-order valence-corrected chi connectivity index (χ3v) is 4.75. The molecule has 1 aliphatic rings. The summed E-state index contributed by atoms with van der Waals surface area (Å²) < 4.78 is 0. The van der Waals surface area contributed by atoms with Gasteiger partial charge in [0.05, 0.1) is 6.42 Å². The van der Waals surface area contributed by atoms with E-state index in [1.54, 1.807) is 4.90 Å². The van der Waals surface area contributed by atoms with Crippen molar-refractivity contribution in [2.75, 3.05) is 23.3 Å². The monoisotopic (exact) mass is 371 g/mol. The molecule has 5 heteroatoms. The van der Waals surface area contributed by atoms with Crippen LogP contribution in [0.15, 0.2) is 78.9 Å². The van der Waals surface area contributed by atoms with Crippen LogP contribution in [0, 0.1) is 0 Å². The van der Waals surface area contributed by atoms with Crippen LogP contribution >= 0.6 is 0 Å². The Bertz CT molecular complexity index is 967. The van der Waals surface area contributed by atoms with E-state index in [1.807, 2.05) is 66.7 Å². The second-order valence-electron chi connectivity index (χ2n) is 6.72. The maximum atomic E-state index is 12.3. The summed E-state index contributed by atoms with van der Waals surface area (Å²) in [6.07, 6.45) is 0.311. The Morgan fingerprint density at radius 3 is 2.21 bits per heavy atom. The van der Waals surface area contributed by atoms with Crippen molar-refractivity contribution in [1.29, 1.82) is 0 Å². The fraction of sp³-hybridized carbons (Fsp3) is 0.130. The second-order valence-corrected chi connectivity index (χ2v) is 6.72. The molecule has 1 saturated heterocycles. The average molecular weight is 371 g/mol. The number of hydrogen-bond donors (Lipinski definition) is 2. The molecule has 0 radical (unpaired) electrons. The van der Waals surface area contributed by atoms with Crippen molar-refractivity contribution in [3.05, 3.63) is 84.4 Å². The van der Waals surface area contributed by atoms with E-state index in [9.17, 15) is 9.59 Å². The molecule has 0 atom stereocenters. The molecule has 3 amide bonds. The second kappa shape index (κ2) is 7.96. The normalized spacial score (nSPS) is 13.3. The molecule has 0 bridgehead atoms. The fourth-order valence-corrected chi connectivity index (χ4v) is 3.28. The number of urea groups is 1. The number of nitrogens with zero attached hydrogens (tertiary/aromatic N) is 1. The lowest BCUT2D eigenvalue weighted by Gasteiger charge is -2.14. The third kappa shape index (κ3) is 4.04. The minimum Gasteiger partial charge on any atom is -0.336 e. The molecule has 140 valence electrons. The van der Waals surface area contributed by atoms with Crippen LogP contribution in [0.3, 0.4) is 0 Å². The molecule has 0 aliphatic carbocycles. The summed E-state index contributed by atoms with van der Waals surface area (Å²) in [4.78, 5) is 25.7. The minimum atomic E-state index is -0.0873. The average Bonchev–Trinajstić information content (AvgIpc) is 3.16. The molecular weight excluding hydrogens is 350 g/mol. The van der Waals surface area contributed by atoms with E-state index in [4.69, 9.17) is 0 Å². The Kier molecular flexibility index (Phi) is 5.06. The number of amides is 3. The van der Waals surface area contributed by atoms with E-state index in [0.29, 0.717) is 25.2 Å². The maximum absolute atomic E-state index is 12.3.